The van der Waals surface area contributed by atoms with E-state index >= 15 is 0 Å². The Morgan fingerprint density at radius 1 is 1.57 bits per heavy atom. The van der Waals surface area contributed by atoms with Gasteiger partial charge in [-0.05, 0) is 37.9 Å². The van der Waals surface area contributed by atoms with Crippen LogP contribution in [0.25, 0.3) is 21.6 Å². The summed E-state index contributed by atoms with van der Waals surface area (Å²) in [4.78, 5) is 27.3. The summed E-state index contributed by atoms with van der Waals surface area (Å²) in [6, 6.07) is -0.533. The van der Waals surface area contributed by atoms with Crippen LogP contribution in [0.5, 0.6) is 0 Å². The van der Waals surface area contributed by atoms with Gasteiger partial charge in [-0.25, -0.2) is 9.78 Å². The smallest absolute Gasteiger partial charge is 0.413 e. The number of anilines is 1. The third kappa shape index (κ3) is 4.25. The molecule has 3 atom stereocenters. The van der Waals surface area contributed by atoms with Gasteiger partial charge in [-0.15, -0.1) is 0 Å². The second-order valence-corrected chi connectivity index (χ2v) is 7.45. The van der Waals surface area contributed by atoms with Crippen LogP contribution in [0.2, 0.25) is 5.28 Å². The molecule has 0 aliphatic carbocycles. The molecule has 0 radical (unpaired) electrons. The number of azide groups is 1. The van der Waals surface area contributed by atoms with E-state index in [4.69, 9.17) is 26.6 Å². The molecular formula is C15H19ClN8O4. The van der Waals surface area contributed by atoms with E-state index in [0.29, 0.717) is 12.1 Å². The van der Waals surface area contributed by atoms with Gasteiger partial charge in [-0.2, -0.15) is 9.97 Å². The lowest BCUT2D eigenvalue weighted by atomic mass is 10.1. The molecule has 3 heterocycles. The van der Waals surface area contributed by atoms with Crippen LogP contribution in [0, 0.1) is 0 Å². The molecule has 1 amide bonds. The Hall–Kier alpha value is -2.66. The number of ether oxygens (including phenoxy) is 2. The molecule has 0 saturated carbocycles. The Labute approximate surface area is 164 Å². The van der Waals surface area contributed by atoms with Crippen molar-refractivity contribution in [2.75, 3.05) is 11.9 Å². The normalized spacial score (nSPS) is 22.1. The highest BCUT2D eigenvalue weighted by Crippen LogP contribution is 2.33. The van der Waals surface area contributed by atoms with Crippen LogP contribution in [0.1, 0.15) is 33.4 Å². The summed E-state index contributed by atoms with van der Waals surface area (Å²) in [5, 5.41) is 15.5. The molecule has 3 rings (SSSR count). The number of halogens is 1. The molecule has 0 bridgehead atoms. The topological polar surface area (TPSA) is 160 Å². The van der Waals surface area contributed by atoms with Crippen LogP contribution in [0.3, 0.4) is 0 Å². The molecule has 2 N–H and O–H groups in total. The van der Waals surface area contributed by atoms with E-state index in [0.717, 1.165) is 0 Å². The van der Waals surface area contributed by atoms with Gasteiger partial charge in [0.1, 0.15) is 11.8 Å². The minimum atomic E-state index is -0.709. The summed E-state index contributed by atoms with van der Waals surface area (Å²) in [6.45, 7) is 4.91. The summed E-state index contributed by atoms with van der Waals surface area (Å²) in [7, 11) is 0. The molecule has 1 fully saturated rings. The predicted molar refractivity (Wildman–Crippen MR) is 98.7 cm³/mol. The lowest BCUT2D eigenvalue weighted by molar-refractivity contribution is -0.0232. The molecule has 1 aliphatic rings. The van der Waals surface area contributed by atoms with Gasteiger partial charge in [-0.3, -0.25) is 9.88 Å². The van der Waals surface area contributed by atoms with Gasteiger partial charge in [0, 0.05) is 11.3 Å². The molecule has 0 aromatic carbocycles. The number of aliphatic hydroxyl groups excluding tert-OH is 1. The van der Waals surface area contributed by atoms with Crippen molar-refractivity contribution in [3.05, 3.63) is 22.1 Å². The number of rotatable bonds is 4. The first kappa shape index (κ1) is 20.1. The minimum Gasteiger partial charge on any atom is -0.444 e. The molecule has 12 nitrogen and oxygen atoms in total. The predicted octanol–water partition coefficient (Wildman–Crippen LogP) is 2.79. The Morgan fingerprint density at radius 2 is 2.32 bits per heavy atom. The average molecular weight is 411 g/mol. The summed E-state index contributed by atoms with van der Waals surface area (Å²) in [6.07, 6.45) is -0.169. The van der Waals surface area contributed by atoms with Crippen LogP contribution < -0.4 is 5.32 Å². The van der Waals surface area contributed by atoms with Crippen molar-refractivity contribution in [3.8, 4) is 0 Å². The van der Waals surface area contributed by atoms with E-state index in [-0.39, 0.29) is 23.2 Å². The lowest BCUT2D eigenvalue weighted by Crippen LogP contribution is -2.27. The molecule has 28 heavy (non-hydrogen) atoms. The zero-order chi connectivity index (χ0) is 20.5. The summed E-state index contributed by atoms with van der Waals surface area (Å²) in [5.74, 6) is 0.0892. The number of fused-ring (bicyclic) bond motifs is 1. The average Bonchev–Trinajstić information content (AvgIpc) is 3.17. The first-order valence-electron chi connectivity index (χ1n) is 8.42. The largest absolute Gasteiger partial charge is 0.444 e. The second kappa shape index (κ2) is 7.76. The number of aliphatic hydroxyl groups is 1. The van der Waals surface area contributed by atoms with Gasteiger partial charge in [-0.1, -0.05) is 5.11 Å². The maximum absolute atomic E-state index is 12.1. The van der Waals surface area contributed by atoms with Crippen LogP contribution in [-0.4, -0.2) is 55.1 Å². The van der Waals surface area contributed by atoms with Crippen molar-refractivity contribution >= 4 is 34.7 Å². The van der Waals surface area contributed by atoms with Crippen LogP contribution in [0.4, 0.5) is 10.6 Å². The van der Waals surface area contributed by atoms with Crippen molar-refractivity contribution in [1.82, 2.24) is 19.5 Å². The van der Waals surface area contributed by atoms with Crippen LogP contribution in [-0.2, 0) is 9.47 Å². The number of hydrogen-bond acceptors (Lipinski definition) is 8. The van der Waals surface area contributed by atoms with Gasteiger partial charge in [0.15, 0.2) is 17.0 Å². The monoisotopic (exact) mass is 410 g/mol. The summed E-state index contributed by atoms with van der Waals surface area (Å²) in [5.41, 5.74) is 8.59. The number of nitrogens with zero attached hydrogens (tertiary/aromatic N) is 7. The number of imidazole rings is 1. The van der Waals surface area contributed by atoms with Gasteiger partial charge in [0.05, 0.1) is 25.1 Å². The number of aromatic nitrogens is 4. The molecule has 150 valence electrons. The number of nitrogens with one attached hydrogen (secondary N) is 1. The highest BCUT2D eigenvalue weighted by atomic mass is 35.5. The zero-order valence-electron chi connectivity index (χ0n) is 15.4. The number of carbonyl (C=O) groups is 1. The van der Waals surface area contributed by atoms with Crippen molar-refractivity contribution in [3.63, 3.8) is 0 Å². The highest BCUT2D eigenvalue weighted by molar-refractivity contribution is 6.28. The van der Waals surface area contributed by atoms with Gasteiger partial charge in [0.25, 0.3) is 0 Å². The standard InChI is InChI=1S/C15H19ClN8O4/c1-15(2,3)28-14(26)20-11-10-12(21-13(16)19-11)24(6-18-10)9-4-7(22-23-17)8(5-25)27-9/h6-9,25H,4-5H2,1-3H3,(H,19,20,21,26)/t7?,8-,9-/m1/s1. The quantitative estimate of drug-likeness (QED) is 0.339. The third-order valence-electron chi connectivity index (χ3n) is 3.91. The van der Waals surface area contributed by atoms with Crippen molar-refractivity contribution < 1.29 is 19.4 Å². The molecule has 2 aromatic heterocycles. The van der Waals surface area contributed by atoms with Crippen molar-refractivity contribution in [1.29, 1.82) is 0 Å². The first-order chi connectivity index (χ1) is 13.2. The number of carbonyl (C=O) groups excluding carboxylic acids is 1. The van der Waals surface area contributed by atoms with E-state index in [9.17, 15) is 9.90 Å². The SMILES string of the molecule is CC(C)(C)OC(=O)Nc1nc(Cl)nc2c1ncn2[C@H]1CC(N=[N+]=[N-])[C@@H](CO)O1. The Kier molecular flexibility index (Phi) is 5.57. The highest BCUT2D eigenvalue weighted by Gasteiger charge is 2.36. The fourth-order valence-electron chi connectivity index (χ4n) is 2.83. The Morgan fingerprint density at radius 3 is 2.96 bits per heavy atom. The molecule has 0 spiro atoms. The first-order valence-corrected chi connectivity index (χ1v) is 8.80. The van der Waals surface area contributed by atoms with E-state index < -0.39 is 30.1 Å². The fourth-order valence-corrected chi connectivity index (χ4v) is 2.99. The van der Waals surface area contributed by atoms with Gasteiger partial charge >= 0.3 is 6.09 Å². The molecule has 1 aliphatic heterocycles. The lowest BCUT2D eigenvalue weighted by Gasteiger charge is -2.19. The van der Waals surface area contributed by atoms with Crippen molar-refractivity contribution in [2.24, 2.45) is 5.11 Å². The maximum atomic E-state index is 12.1. The van der Waals surface area contributed by atoms with E-state index in [1.165, 1.54) is 6.33 Å². The summed E-state index contributed by atoms with van der Waals surface area (Å²) >= 11 is 6.01. The number of amides is 1. The van der Waals surface area contributed by atoms with Crippen molar-refractivity contribution in [2.45, 2.75) is 51.2 Å². The van der Waals surface area contributed by atoms with Gasteiger partial charge in [0.2, 0.25) is 5.28 Å². The van der Waals surface area contributed by atoms with Crippen LogP contribution in [0.15, 0.2) is 11.4 Å². The summed E-state index contributed by atoms with van der Waals surface area (Å²) < 4.78 is 12.5. The Balaban J connectivity index is 1.92. The molecule has 13 heteroatoms. The number of hydrogen-bond donors (Lipinski definition) is 2. The molecule has 2 aromatic rings. The molecule has 1 saturated heterocycles. The minimum absolute atomic E-state index is 0.0892. The van der Waals surface area contributed by atoms with E-state index in [2.05, 4.69) is 30.3 Å². The fraction of sp³-hybridized carbons (Fsp3) is 0.600. The van der Waals surface area contributed by atoms with E-state index in [1.807, 2.05) is 0 Å². The third-order valence-corrected chi connectivity index (χ3v) is 4.08. The van der Waals surface area contributed by atoms with Gasteiger partial charge < -0.3 is 14.6 Å². The molecule has 1 unspecified atom stereocenters. The van der Waals surface area contributed by atoms with E-state index in [1.54, 1.807) is 25.3 Å². The Bertz CT molecular complexity index is 936. The molecular weight excluding hydrogens is 392 g/mol. The zero-order valence-corrected chi connectivity index (χ0v) is 16.2. The van der Waals surface area contributed by atoms with Crippen LogP contribution >= 0.6 is 11.6 Å². The maximum Gasteiger partial charge on any atom is 0.413 e. The second-order valence-electron chi connectivity index (χ2n) is 7.11.